The summed E-state index contributed by atoms with van der Waals surface area (Å²) in [5.41, 5.74) is 6.82. The van der Waals surface area contributed by atoms with Crippen molar-refractivity contribution >= 4 is 0 Å². The molecule has 1 unspecified atom stereocenters. The Morgan fingerprint density at radius 1 is 1.30 bits per heavy atom. The molecule has 2 N–H and O–H groups in total. The molecule has 0 aliphatic carbocycles. The topological polar surface area (TPSA) is 38.5 Å². The first-order valence-corrected chi connectivity index (χ1v) is 7.83. The van der Waals surface area contributed by atoms with Crippen molar-refractivity contribution in [1.29, 1.82) is 0 Å². The molecule has 3 heteroatoms. The van der Waals surface area contributed by atoms with Gasteiger partial charge in [-0.2, -0.15) is 0 Å². The highest BCUT2D eigenvalue weighted by atomic mass is 16.5. The highest BCUT2D eigenvalue weighted by Crippen LogP contribution is 2.23. The zero-order valence-corrected chi connectivity index (χ0v) is 12.8. The Hall–Kier alpha value is -1.06. The molecule has 0 aromatic heterocycles. The van der Waals surface area contributed by atoms with Crippen LogP contribution in [-0.2, 0) is 6.42 Å². The van der Waals surface area contributed by atoms with E-state index in [2.05, 4.69) is 30.9 Å². The lowest BCUT2D eigenvalue weighted by Crippen LogP contribution is -2.27. The van der Waals surface area contributed by atoms with Crippen molar-refractivity contribution in [2.45, 2.75) is 26.7 Å². The fourth-order valence-corrected chi connectivity index (χ4v) is 2.82. The molecule has 112 valence electrons. The molecule has 20 heavy (non-hydrogen) atoms. The van der Waals surface area contributed by atoms with E-state index in [4.69, 9.17) is 10.5 Å². The second-order valence-electron chi connectivity index (χ2n) is 6.12. The molecule has 0 bridgehead atoms. The van der Waals surface area contributed by atoms with Gasteiger partial charge >= 0.3 is 0 Å². The third-order valence-corrected chi connectivity index (χ3v) is 4.28. The molecule has 0 saturated carbocycles. The zero-order chi connectivity index (χ0) is 14.4. The van der Waals surface area contributed by atoms with Crippen molar-refractivity contribution in [1.82, 2.24) is 4.90 Å². The smallest absolute Gasteiger partial charge is 0.119 e. The summed E-state index contributed by atoms with van der Waals surface area (Å²) in [6.45, 7) is 9.63. The fourth-order valence-electron chi connectivity index (χ4n) is 2.82. The van der Waals surface area contributed by atoms with E-state index in [1.807, 2.05) is 12.1 Å². The summed E-state index contributed by atoms with van der Waals surface area (Å²) in [5, 5.41) is 0. The minimum absolute atomic E-state index is 0.701. The molecule has 3 nitrogen and oxygen atoms in total. The summed E-state index contributed by atoms with van der Waals surface area (Å²) >= 11 is 0. The fraction of sp³-hybridized carbons (Fsp3) is 0.647. The van der Waals surface area contributed by atoms with Gasteiger partial charge in [0.05, 0.1) is 0 Å². The minimum Gasteiger partial charge on any atom is -0.492 e. The van der Waals surface area contributed by atoms with Crippen LogP contribution in [0.15, 0.2) is 24.3 Å². The maximum atomic E-state index is 5.82. The van der Waals surface area contributed by atoms with E-state index in [0.717, 1.165) is 37.2 Å². The molecule has 0 radical (unpaired) electrons. The van der Waals surface area contributed by atoms with Gasteiger partial charge in [0.1, 0.15) is 12.4 Å². The maximum absolute atomic E-state index is 5.82. The lowest BCUT2D eigenvalue weighted by molar-refractivity contribution is 0.227. The van der Waals surface area contributed by atoms with Crippen molar-refractivity contribution in [2.75, 3.05) is 32.8 Å². The standard InChI is InChI=1S/C17H28N2O/c1-14(2)16-8-10-19(13-16)11-12-20-17-5-3-15(4-6-17)7-9-18/h3-6,14,16H,7-13,18H2,1-2H3. The minimum atomic E-state index is 0.701. The second kappa shape index (κ2) is 7.65. The first-order chi connectivity index (χ1) is 9.69. The summed E-state index contributed by atoms with van der Waals surface area (Å²) in [7, 11) is 0. The van der Waals surface area contributed by atoms with Crippen LogP contribution in [-0.4, -0.2) is 37.7 Å². The van der Waals surface area contributed by atoms with E-state index in [0.29, 0.717) is 6.54 Å². The molecule has 1 fully saturated rings. The Balaban J connectivity index is 1.68. The highest BCUT2D eigenvalue weighted by molar-refractivity contribution is 5.27. The van der Waals surface area contributed by atoms with Crippen molar-refractivity contribution < 1.29 is 4.74 Å². The van der Waals surface area contributed by atoms with Gasteiger partial charge in [0.25, 0.3) is 0 Å². The second-order valence-corrected chi connectivity index (χ2v) is 6.12. The zero-order valence-electron chi connectivity index (χ0n) is 12.8. The van der Waals surface area contributed by atoms with E-state index in [-0.39, 0.29) is 0 Å². The van der Waals surface area contributed by atoms with Gasteiger partial charge in [-0.15, -0.1) is 0 Å². The van der Waals surface area contributed by atoms with E-state index in [1.54, 1.807) is 0 Å². The number of hydrogen-bond donors (Lipinski definition) is 1. The molecule has 0 amide bonds. The molecule has 1 aliphatic rings. The molecule has 1 heterocycles. The van der Waals surface area contributed by atoms with Crippen LogP contribution in [0.3, 0.4) is 0 Å². The molecule has 2 rings (SSSR count). The third-order valence-electron chi connectivity index (χ3n) is 4.28. The Morgan fingerprint density at radius 3 is 2.65 bits per heavy atom. The number of nitrogens with two attached hydrogens (primary N) is 1. The first kappa shape index (κ1) is 15.3. The molecule has 1 aliphatic heterocycles. The summed E-state index contributed by atoms with van der Waals surface area (Å²) < 4.78 is 5.82. The quantitative estimate of drug-likeness (QED) is 0.832. The molecule has 1 aromatic carbocycles. The van der Waals surface area contributed by atoms with E-state index >= 15 is 0 Å². The van der Waals surface area contributed by atoms with Gasteiger partial charge in [0.2, 0.25) is 0 Å². The lowest BCUT2D eigenvalue weighted by atomic mass is 9.95. The van der Waals surface area contributed by atoms with E-state index in [9.17, 15) is 0 Å². The number of rotatable bonds is 7. The molecule has 0 spiro atoms. The third kappa shape index (κ3) is 4.50. The van der Waals surface area contributed by atoms with Crippen LogP contribution in [0.5, 0.6) is 5.75 Å². The summed E-state index contributed by atoms with van der Waals surface area (Å²) in [4.78, 5) is 2.52. The van der Waals surface area contributed by atoms with Crippen LogP contribution >= 0.6 is 0 Å². The largest absolute Gasteiger partial charge is 0.492 e. The monoisotopic (exact) mass is 276 g/mol. The Kier molecular flexibility index (Phi) is 5.86. The van der Waals surface area contributed by atoms with Crippen LogP contribution < -0.4 is 10.5 Å². The Labute approximate surface area is 123 Å². The van der Waals surface area contributed by atoms with Gasteiger partial charge in [0.15, 0.2) is 0 Å². The van der Waals surface area contributed by atoms with Crippen LogP contribution in [0.4, 0.5) is 0 Å². The van der Waals surface area contributed by atoms with Crippen molar-refractivity contribution in [3.05, 3.63) is 29.8 Å². The molecular formula is C17H28N2O. The number of ether oxygens (including phenoxy) is 1. The first-order valence-electron chi connectivity index (χ1n) is 7.83. The number of likely N-dealkylation sites (tertiary alicyclic amines) is 1. The van der Waals surface area contributed by atoms with Crippen molar-refractivity contribution in [3.8, 4) is 5.75 Å². The lowest BCUT2D eigenvalue weighted by Gasteiger charge is -2.18. The summed E-state index contributed by atoms with van der Waals surface area (Å²) in [6, 6.07) is 8.30. The van der Waals surface area contributed by atoms with Gasteiger partial charge in [-0.1, -0.05) is 26.0 Å². The van der Waals surface area contributed by atoms with Gasteiger partial charge in [-0.25, -0.2) is 0 Å². The average Bonchev–Trinajstić information content (AvgIpc) is 2.90. The molecular weight excluding hydrogens is 248 g/mol. The van der Waals surface area contributed by atoms with Crippen molar-refractivity contribution in [2.24, 2.45) is 17.6 Å². The predicted octanol–water partition coefficient (Wildman–Crippen LogP) is 2.54. The van der Waals surface area contributed by atoms with Gasteiger partial charge in [-0.3, -0.25) is 4.90 Å². The highest BCUT2D eigenvalue weighted by Gasteiger charge is 2.24. The summed E-state index contributed by atoms with van der Waals surface area (Å²) in [5.74, 6) is 2.63. The van der Waals surface area contributed by atoms with Crippen molar-refractivity contribution in [3.63, 3.8) is 0 Å². The normalized spacial score (nSPS) is 19.7. The van der Waals surface area contributed by atoms with Crippen LogP contribution in [0.1, 0.15) is 25.8 Å². The van der Waals surface area contributed by atoms with Crippen LogP contribution in [0.25, 0.3) is 0 Å². The van der Waals surface area contributed by atoms with Crippen LogP contribution in [0, 0.1) is 11.8 Å². The predicted molar refractivity (Wildman–Crippen MR) is 84.1 cm³/mol. The average molecular weight is 276 g/mol. The number of benzene rings is 1. The SMILES string of the molecule is CC(C)C1CCN(CCOc2ccc(CCN)cc2)C1. The van der Waals surface area contributed by atoms with Gasteiger partial charge in [0, 0.05) is 13.1 Å². The van der Waals surface area contributed by atoms with Gasteiger partial charge < -0.3 is 10.5 Å². The van der Waals surface area contributed by atoms with E-state index < -0.39 is 0 Å². The molecule has 1 aromatic rings. The molecule has 1 atom stereocenters. The van der Waals surface area contributed by atoms with Gasteiger partial charge in [-0.05, 0) is 55.5 Å². The Bertz CT molecular complexity index is 388. The number of hydrogen-bond acceptors (Lipinski definition) is 3. The summed E-state index contributed by atoms with van der Waals surface area (Å²) in [6.07, 6.45) is 2.27. The number of nitrogens with zero attached hydrogens (tertiary/aromatic N) is 1. The Morgan fingerprint density at radius 2 is 2.05 bits per heavy atom. The maximum Gasteiger partial charge on any atom is 0.119 e. The van der Waals surface area contributed by atoms with E-state index in [1.165, 1.54) is 25.1 Å². The van der Waals surface area contributed by atoms with Crippen LogP contribution in [0.2, 0.25) is 0 Å². The molecule has 1 saturated heterocycles.